The van der Waals surface area contributed by atoms with Gasteiger partial charge in [-0.2, -0.15) is 0 Å². The summed E-state index contributed by atoms with van der Waals surface area (Å²) in [6.45, 7) is 1.19. The fourth-order valence-corrected chi connectivity index (χ4v) is 3.20. The molecule has 100 valence electrons. The van der Waals surface area contributed by atoms with Crippen molar-refractivity contribution in [2.45, 2.75) is 0 Å². The largest absolute Gasteiger partial charge is 0.369 e. The average molecular weight is 267 g/mol. The summed E-state index contributed by atoms with van der Waals surface area (Å²) in [6, 6.07) is 9.87. The number of carbonyl (C=O) groups is 2. The van der Waals surface area contributed by atoms with Crippen molar-refractivity contribution in [1.82, 2.24) is 10.3 Å². The molecule has 4 rings (SSSR count). The second-order valence-corrected chi connectivity index (χ2v) is 5.32. The van der Waals surface area contributed by atoms with Crippen LogP contribution in [0.15, 0.2) is 36.5 Å². The number of hydrogen-bond acceptors (Lipinski definition) is 4. The van der Waals surface area contributed by atoms with Gasteiger partial charge in [-0.3, -0.25) is 19.9 Å². The van der Waals surface area contributed by atoms with Crippen molar-refractivity contribution < 1.29 is 9.59 Å². The maximum atomic E-state index is 11.7. The number of aromatic nitrogens is 1. The van der Waals surface area contributed by atoms with Crippen LogP contribution in [0.3, 0.4) is 0 Å². The highest BCUT2D eigenvalue weighted by Crippen LogP contribution is 2.34. The second kappa shape index (κ2) is 4.03. The van der Waals surface area contributed by atoms with E-state index in [0.717, 1.165) is 16.6 Å². The number of amides is 2. The Kier molecular flexibility index (Phi) is 2.30. The van der Waals surface area contributed by atoms with Crippen LogP contribution in [0.1, 0.15) is 0 Å². The lowest BCUT2D eigenvalue weighted by Gasteiger charge is -2.21. The highest BCUT2D eigenvalue weighted by molar-refractivity contribution is 6.06. The maximum absolute atomic E-state index is 11.7. The molecule has 1 N–H and O–H groups in total. The lowest BCUT2D eigenvalue weighted by molar-refractivity contribution is -0.126. The van der Waals surface area contributed by atoms with E-state index in [1.54, 1.807) is 6.20 Å². The highest BCUT2D eigenvalue weighted by Gasteiger charge is 2.47. The number of anilines is 1. The van der Waals surface area contributed by atoms with Crippen LogP contribution in [0.5, 0.6) is 0 Å². The zero-order valence-electron chi connectivity index (χ0n) is 10.7. The van der Waals surface area contributed by atoms with Gasteiger partial charge in [0.15, 0.2) is 0 Å². The van der Waals surface area contributed by atoms with Crippen LogP contribution in [0, 0.1) is 11.8 Å². The molecule has 1 aromatic carbocycles. The molecule has 3 heterocycles. The van der Waals surface area contributed by atoms with E-state index in [1.165, 1.54) is 0 Å². The lowest BCUT2D eigenvalue weighted by Crippen LogP contribution is -2.31. The molecule has 0 saturated carbocycles. The van der Waals surface area contributed by atoms with Crippen LogP contribution in [0.25, 0.3) is 10.9 Å². The van der Waals surface area contributed by atoms with Crippen molar-refractivity contribution in [3.8, 4) is 0 Å². The first kappa shape index (κ1) is 11.4. The van der Waals surface area contributed by atoms with Crippen molar-refractivity contribution in [1.29, 1.82) is 0 Å². The lowest BCUT2D eigenvalue weighted by atomic mass is 10.00. The number of imide groups is 1. The maximum Gasteiger partial charge on any atom is 0.232 e. The first-order valence-corrected chi connectivity index (χ1v) is 6.67. The Labute approximate surface area is 115 Å². The minimum atomic E-state index is -0.213. The van der Waals surface area contributed by atoms with Gasteiger partial charge >= 0.3 is 0 Å². The molecule has 0 bridgehead atoms. The Balaban J connectivity index is 1.75. The summed E-state index contributed by atoms with van der Waals surface area (Å²) < 4.78 is 0. The molecule has 2 aliphatic heterocycles. The van der Waals surface area contributed by atoms with Crippen LogP contribution in [0.2, 0.25) is 0 Å². The predicted octanol–water partition coefficient (Wildman–Crippen LogP) is 0.944. The van der Waals surface area contributed by atoms with E-state index in [-0.39, 0.29) is 23.7 Å². The quantitative estimate of drug-likeness (QED) is 0.781. The first-order valence-electron chi connectivity index (χ1n) is 6.67. The number of nitrogens with one attached hydrogen (secondary N) is 1. The van der Waals surface area contributed by atoms with E-state index >= 15 is 0 Å². The second-order valence-electron chi connectivity index (χ2n) is 5.32. The number of carbonyl (C=O) groups excluding carboxylic acids is 2. The van der Waals surface area contributed by atoms with Crippen molar-refractivity contribution in [2.24, 2.45) is 11.8 Å². The van der Waals surface area contributed by atoms with E-state index in [9.17, 15) is 9.59 Å². The summed E-state index contributed by atoms with van der Waals surface area (Å²) >= 11 is 0. The average Bonchev–Trinajstić information content (AvgIpc) is 3.01. The van der Waals surface area contributed by atoms with Gasteiger partial charge in [0, 0.05) is 30.4 Å². The van der Waals surface area contributed by atoms with Crippen LogP contribution in [-0.2, 0) is 9.59 Å². The van der Waals surface area contributed by atoms with Crippen LogP contribution in [-0.4, -0.2) is 29.9 Å². The van der Waals surface area contributed by atoms with Crippen molar-refractivity contribution in [2.75, 3.05) is 18.0 Å². The van der Waals surface area contributed by atoms with Gasteiger partial charge in [-0.1, -0.05) is 6.07 Å². The zero-order valence-corrected chi connectivity index (χ0v) is 10.7. The van der Waals surface area contributed by atoms with Crippen LogP contribution >= 0.6 is 0 Å². The summed E-state index contributed by atoms with van der Waals surface area (Å²) in [5, 5.41) is 3.47. The van der Waals surface area contributed by atoms with Gasteiger partial charge in [0.25, 0.3) is 0 Å². The highest BCUT2D eigenvalue weighted by atomic mass is 16.2. The summed E-state index contributed by atoms with van der Waals surface area (Å²) in [5.74, 6) is -0.703. The molecular weight excluding hydrogens is 254 g/mol. The third-order valence-corrected chi connectivity index (χ3v) is 4.20. The minimum Gasteiger partial charge on any atom is -0.369 e. The Morgan fingerprint density at radius 3 is 2.55 bits per heavy atom. The summed E-state index contributed by atoms with van der Waals surface area (Å²) in [4.78, 5) is 29.9. The van der Waals surface area contributed by atoms with E-state index < -0.39 is 0 Å². The minimum absolute atomic E-state index is 0.138. The molecule has 0 spiro atoms. The number of benzene rings is 1. The summed E-state index contributed by atoms with van der Waals surface area (Å²) in [5.41, 5.74) is 1.98. The predicted molar refractivity (Wildman–Crippen MR) is 74.1 cm³/mol. The van der Waals surface area contributed by atoms with Crippen molar-refractivity contribution in [3.05, 3.63) is 36.5 Å². The molecule has 2 aliphatic rings. The molecular formula is C15H13N3O2. The van der Waals surface area contributed by atoms with Gasteiger partial charge in [0.2, 0.25) is 11.8 Å². The van der Waals surface area contributed by atoms with Gasteiger partial charge in [-0.25, -0.2) is 0 Å². The number of hydrogen-bond donors (Lipinski definition) is 1. The Hall–Kier alpha value is -2.43. The smallest absolute Gasteiger partial charge is 0.232 e. The fourth-order valence-electron chi connectivity index (χ4n) is 3.20. The molecule has 2 fully saturated rings. The number of fused-ring (bicyclic) bond motifs is 2. The van der Waals surface area contributed by atoms with Gasteiger partial charge in [0.1, 0.15) is 0 Å². The van der Waals surface area contributed by atoms with Crippen molar-refractivity contribution in [3.63, 3.8) is 0 Å². The monoisotopic (exact) mass is 267 g/mol. The van der Waals surface area contributed by atoms with Gasteiger partial charge in [-0.15, -0.1) is 0 Å². The molecule has 2 amide bonds. The van der Waals surface area contributed by atoms with Crippen molar-refractivity contribution >= 4 is 28.4 Å². The Bertz CT molecular complexity index is 701. The Morgan fingerprint density at radius 1 is 1.05 bits per heavy atom. The molecule has 0 radical (unpaired) electrons. The summed E-state index contributed by atoms with van der Waals surface area (Å²) in [6.07, 6.45) is 1.77. The molecule has 2 aromatic rings. The SMILES string of the molecule is O=C1NC(=O)[C@@H]2CN(c3cccc4ncccc34)C[C@H]12. The van der Waals surface area contributed by atoms with E-state index in [0.29, 0.717) is 13.1 Å². The third kappa shape index (κ3) is 1.52. The molecule has 2 saturated heterocycles. The normalized spacial score (nSPS) is 25.1. The molecule has 2 atom stereocenters. The van der Waals surface area contributed by atoms with E-state index in [1.807, 2.05) is 30.3 Å². The number of rotatable bonds is 1. The molecule has 5 heteroatoms. The number of pyridine rings is 1. The molecule has 20 heavy (non-hydrogen) atoms. The molecule has 1 aromatic heterocycles. The topological polar surface area (TPSA) is 62.3 Å². The van der Waals surface area contributed by atoms with Crippen LogP contribution in [0.4, 0.5) is 5.69 Å². The van der Waals surface area contributed by atoms with E-state index in [4.69, 9.17) is 0 Å². The summed E-state index contributed by atoms with van der Waals surface area (Å²) in [7, 11) is 0. The van der Waals surface area contributed by atoms with Gasteiger partial charge in [0.05, 0.1) is 17.4 Å². The first-order chi connectivity index (χ1) is 9.74. The molecule has 0 unspecified atom stereocenters. The zero-order chi connectivity index (χ0) is 13.7. The van der Waals surface area contributed by atoms with Crippen LogP contribution < -0.4 is 10.2 Å². The molecule has 5 nitrogen and oxygen atoms in total. The van der Waals surface area contributed by atoms with Gasteiger partial charge in [-0.05, 0) is 24.3 Å². The fraction of sp³-hybridized carbons (Fsp3) is 0.267. The number of nitrogens with zero attached hydrogens (tertiary/aromatic N) is 2. The van der Waals surface area contributed by atoms with Gasteiger partial charge < -0.3 is 4.90 Å². The Morgan fingerprint density at radius 2 is 1.80 bits per heavy atom. The standard InChI is InChI=1S/C15H13N3O2/c19-14-10-7-18(8-11(10)15(20)17-14)13-5-1-4-12-9(13)3-2-6-16-12/h1-6,10-11H,7-8H2,(H,17,19,20)/t10-,11+. The van der Waals surface area contributed by atoms with E-state index in [2.05, 4.69) is 15.2 Å². The third-order valence-electron chi connectivity index (χ3n) is 4.20. The molecule has 0 aliphatic carbocycles.